The maximum absolute atomic E-state index is 13.4. The Kier molecular flexibility index (Phi) is 4.84. The first-order chi connectivity index (χ1) is 9.61. The molecule has 20 heavy (non-hydrogen) atoms. The van der Waals surface area contributed by atoms with Crippen molar-refractivity contribution in [3.8, 4) is 0 Å². The standard InChI is InChI=1S/C15H14BrFN2O/c1-2-10-4-3-7-18-14(10)9-19-15(20)11-5-6-12(16)13(17)8-11/h3-8H,2,9H2,1H3,(H,19,20). The molecule has 104 valence electrons. The van der Waals surface area contributed by atoms with E-state index in [1.165, 1.54) is 12.1 Å². The van der Waals surface area contributed by atoms with Crippen molar-refractivity contribution in [2.24, 2.45) is 0 Å². The molecule has 2 aromatic rings. The van der Waals surface area contributed by atoms with Crippen LogP contribution >= 0.6 is 15.9 Å². The second-order valence-corrected chi connectivity index (χ2v) is 5.13. The smallest absolute Gasteiger partial charge is 0.251 e. The van der Waals surface area contributed by atoms with E-state index < -0.39 is 5.82 Å². The Morgan fingerprint density at radius 3 is 2.90 bits per heavy atom. The number of aromatic nitrogens is 1. The van der Waals surface area contributed by atoms with Gasteiger partial charge in [-0.2, -0.15) is 0 Å². The number of pyridine rings is 1. The van der Waals surface area contributed by atoms with E-state index in [9.17, 15) is 9.18 Å². The van der Waals surface area contributed by atoms with Gasteiger partial charge < -0.3 is 5.32 Å². The summed E-state index contributed by atoms with van der Waals surface area (Å²) in [7, 11) is 0. The topological polar surface area (TPSA) is 42.0 Å². The molecule has 0 aliphatic carbocycles. The van der Waals surface area contributed by atoms with Gasteiger partial charge in [0, 0.05) is 11.8 Å². The van der Waals surface area contributed by atoms with Gasteiger partial charge in [-0.3, -0.25) is 9.78 Å². The molecule has 5 heteroatoms. The Morgan fingerprint density at radius 1 is 1.40 bits per heavy atom. The number of nitrogens with zero attached hydrogens (tertiary/aromatic N) is 1. The average Bonchev–Trinajstić information content (AvgIpc) is 2.47. The van der Waals surface area contributed by atoms with Crippen molar-refractivity contribution >= 4 is 21.8 Å². The summed E-state index contributed by atoms with van der Waals surface area (Å²) < 4.78 is 13.7. The van der Waals surface area contributed by atoms with Crippen LogP contribution in [0.2, 0.25) is 0 Å². The molecule has 1 heterocycles. The van der Waals surface area contributed by atoms with E-state index in [0.717, 1.165) is 17.7 Å². The number of nitrogens with one attached hydrogen (secondary N) is 1. The van der Waals surface area contributed by atoms with E-state index in [1.807, 2.05) is 19.1 Å². The van der Waals surface area contributed by atoms with Crippen LogP contribution in [0.15, 0.2) is 41.0 Å². The second-order valence-electron chi connectivity index (χ2n) is 4.27. The molecule has 0 spiro atoms. The normalized spacial score (nSPS) is 10.3. The minimum absolute atomic E-state index is 0.291. The van der Waals surface area contributed by atoms with Crippen molar-refractivity contribution < 1.29 is 9.18 Å². The number of halogens is 2. The highest BCUT2D eigenvalue weighted by molar-refractivity contribution is 9.10. The van der Waals surface area contributed by atoms with Crippen molar-refractivity contribution in [3.05, 3.63) is 63.6 Å². The molecule has 1 aromatic carbocycles. The van der Waals surface area contributed by atoms with Gasteiger partial charge in [0.15, 0.2) is 0 Å². The lowest BCUT2D eigenvalue weighted by Gasteiger charge is -2.08. The van der Waals surface area contributed by atoms with Gasteiger partial charge in [0.25, 0.3) is 5.91 Å². The molecular weight excluding hydrogens is 323 g/mol. The zero-order valence-corrected chi connectivity index (χ0v) is 12.6. The van der Waals surface area contributed by atoms with Gasteiger partial charge in [0.2, 0.25) is 0 Å². The minimum atomic E-state index is -0.454. The van der Waals surface area contributed by atoms with E-state index in [4.69, 9.17) is 0 Å². The number of carbonyl (C=O) groups is 1. The molecule has 1 N–H and O–H groups in total. The van der Waals surface area contributed by atoms with Crippen molar-refractivity contribution in [1.29, 1.82) is 0 Å². The molecule has 0 unspecified atom stereocenters. The van der Waals surface area contributed by atoms with Crippen LogP contribution in [0.25, 0.3) is 0 Å². The van der Waals surface area contributed by atoms with E-state index in [-0.39, 0.29) is 5.91 Å². The lowest BCUT2D eigenvalue weighted by molar-refractivity contribution is 0.0950. The fourth-order valence-electron chi connectivity index (χ4n) is 1.86. The van der Waals surface area contributed by atoms with Crippen LogP contribution in [-0.4, -0.2) is 10.9 Å². The molecule has 0 aliphatic rings. The molecule has 2 rings (SSSR count). The van der Waals surface area contributed by atoms with Gasteiger partial charge in [-0.15, -0.1) is 0 Å². The number of amides is 1. The lowest BCUT2D eigenvalue weighted by atomic mass is 10.1. The average molecular weight is 337 g/mol. The number of benzene rings is 1. The summed E-state index contributed by atoms with van der Waals surface area (Å²) in [5.41, 5.74) is 2.22. The molecule has 0 fully saturated rings. The maximum Gasteiger partial charge on any atom is 0.251 e. The molecule has 0 aliphatic heterocycles. The van der Waals surface area contributed by atoms with E-state index in [0.29, 0.717) is 16.6 Å². The van der Waals surface area contributed by atoms with E-state index >= 15 is 0 Å². The van der Waals surface area contributed by atoms with Crippen LogP contribution in [0.1, 0.15) is 28.5 Å². The third-order valence-electron chi connectivity index (χ3n) is 2.96. The molecule has 0 saturated carbocycles. The first-order valence-electron chi connectivity index (χ1n) is 6.28. The Bertz CT molecular complexity index is 631. The Hall–Kier alpha value is -1.75. The van der Waals surface area contributed by atoms with Gasteiger partial charge in [-0.1, -0.05) is 13.0 Å². The summed E-state index contributed by atoms with van der Waals surface area (Å²) in [6, 6.07) is 8.14. The maximum atomic E-state index is 13.4. The molecule has 1 amide bonds. The second kappa shape index (κ2) is 6.61. The molecule has 3 nitrogen and oxygen atoms in total. The Morgan fingerprint density at radius 2 is 2.20 bits per heavy atom. The number of aryl methyl sites for hydroxylation is 1. The van der Waals surface area contributed by atoms with Crippen LogP contribution in [0.4, 0.5) is 4.39 Å². The predicted octanol–water partition coefficient (Wildman–Crippen LogP) is 3.48. The Labute approximate surface area is 125 Å². The zero-order valence-electron chi connectivity index (χ0n) is 11.0. The van der Waals surface area contributed by atoms with Gasteiger partial charge in [0.1, 0.15) is 5.82 Å². The summed E-state index contributed by atoms with van der Waals surface area (Å²) in [5.74, 6) is -0.770. The van der Waals surface area contributed by atoms with Crippen LogP contribution in [0.3, 0.4) is 0 Å². The molecule has 0 atom stereocenters. The van der Waals surface area contributed by atoms with Crippen molar-refractivity contribution in [1.82, 2.24) is 10.3 Å². The van der Waals surface area contributed by atoms with Crippen LogP contribution in [0.5, 0.6) is 0 Å². The summed E-state index contributed by atoms with van der Waals surface area (Å²) >= 11 is 3.06. The Balaban J connectivity index is 2.06. The lowest BCUT2D eigenvalue weighted by Crippen LogP contribution is -2.24. The SMILES string of the molecule is CCc1cccnc1CNC(=O)c1ccc(Br)c(F)c1. The highest BCUT2D eigenvalue weighted by atomic mass is 79.9. The van der Waals surface area contributed by atoms with Crippen molar-refractivity contribution in [3.63, 3.8) is 0 Å². The molecule has 0 radical (unpaired) electrons. The summed E-state index contributed by atoms with van der Waals surface area (Å²) in [6.07, 6.45) is 2.55. The van der Waals surface area contributed by atoms with Gasteiger partial charge >= 0.3 is 0 Å². The van der Waals surface area contributed by atoms with E-state index in [2.05, 4.69) is 26.2 Å². The summed E-state index contributed by atoms with van der Waals surface area (Å²) in [6.45, 7) is 2.37. The highest BCUT2D eigenvalue weighted by Crippen LogP contribution is 2.16. The van der Waals surface area contributed by atoms with Gasteiger partial charge in [-0.25, -0.2) is 4.39 Å². The molecule has 1 aromatic heterocycles. The number of rotatable bonds is 4. The van der Waals surface area contributed by atoms with Crippen LogP contribution in [-0.2, 0) is 13.0 Å². The summed E-state index contributed by atoms with van der Waals surface area (Å²) in [4.78, 5) is 16.2. The van der Waals surface area contributed by atoms with E-state index in [1.54, 1.807) is 12.3 Å². The molecule has 0 saturated heterocycles. The fourth-order valence-corrected chi connectivity index (χ4v) is 2.10. The fraction of sp³-hybridized carbons (Fsp3) is 0.200. The minimum Gasteiger partial charge on any atom is -0.346 e. The first-order valence-corrected chi connectivity index (χ1v) is 7.07. The molecular formula is C15H14BrFN2O. The number of carbonyl (C=O) groups excluding carboxylic acids is 1. The zero-order chi connectivity index (χ0) is 14.5. The third kappa shape index (κ3) is 3.42. The third-order valence-corrected chi connectivity index (χ3v) is 3.61. The number of hydrogen-bond donors (Lipinski definition) is 1. The van der Waals surface area contributed by atoms with Gasteiger partial charge in [-0.05, 0) is 52.2 Å². The van der Waals surface area contributed by atoms with Crippen LogP contribution in [0, 0.1) is 5.82 Å². The first kappa shape index (κ1) is 14.7. The highest BCUT2D eigenvalue weighted by Gasteiger charge is 2.09. The van der Waals surface area contributed by atoms with Crippen molar-refractivity contribution in [2.45, 2.75) is 19.9 Å². The summed E-state index contributed by atoms with van der Waals surface area (Å²) in [5, 5.41) is 2.75. The number of hydrogen-bond acceptors (Lipinski definition) is 2. The predicted molar refractivity (Wildman–Crippen MR) is 78.9 cm³/mol. The monoisotopic (exact) mass is 336 g/mol. The molecule has 0 bridgehead atoms. The van der Waals surface area contributed by atoms with Crippen molar-refractivity contribution in [2.75, 3.05) is 0 Å². The van der Waals surface area contributed by atoms with Crippen LogP contribution < -0.4 is 5.32 Å². The van der Waals surface area contributed by atoms with Gasteiger partial charge in [0.05, 0.1) is 16.7 Å². The quantitative estimate of drug-likeness (QED) is 0.928. The largest absolute Gasteiger partial charge is 0.346 e.